The highest BCUT2D eigenvalue weighted by atomic mass is 16.7. The summed E-state index contributed by atoms with van der Waals surface area (Å²) in [5.41, 5.74) is 5.60. The maximum absolute atomic E-state index is 14.6. The lowest BCUT2D eigenvalue weighted by molar-refractivity contribution is -0.341. The number of methoxy groups -OCH3 is 1. The van der Waals surface area contributed by atoms with Crippen molar-refractivity contribution in [1.29, 1.82) is 0 Å². The van der Waals surface area contributed by atoms with Crippen LogP contribution < -0.4 is 20.1 Å². The second-order valence-corrected chi connectivity index (χ2v) is 18.8. The van der Waals surface area contributed by atoms with E-state index in [4.69, 9.17) is 52.1 Å². The van der Waals surface area contributed by atoms with Crippen LogP contribution in [-0.4, -0.2) is 87.6 Å². The van der Waals surface area contributed by atoms with Crippen LogP contribution in [0.2, 0.25) is 0 Å². The number of rotatable bonds is 22. The maximum atomic E-state index is 14.6. The summed E-state index contributed by atoms with van der Waals surface area (Å²) < 4.78 is 73.1. The van der Waals surface area contributed by atoms with Crippen LogP contribution >= 0.6 is 0 Å². The zero-order valence-corrected chi connectivity index (χ0v) is 42.3. The van der Waals surface area contributed by atoms with Crippen LogP contribution in [0.1, 0.15) is 39.7 Å². The van der Waals surface area contributed by atoms with Crippen LogP contribution in [-0.2, 0) is 75.7 Å². The first kappa shape index (κ1) is 52.5. The molecule has 3 aliphatic heterocycles. The van der Waals surface area contributed by atoms with Crippen molar-refractivity contribution in [3.8, 4) is 11.5 Å². The number of hydrogen-bond donors (Lipinski definition) is 2. The van der Waals surface area contributed by atoms with Gasteiger partial charge in [-0.05, 0) is 52.1 Å². The minimum atomic E-state index is -1.03. The molecule has 14 heteroatoms. The van der Waals surface area contributed by atoms with E-state index in [2.05, 4.69) is 10.6 Å². The molecule has 0 bridgehead atoms. The van der Waals surface area contributed by atoms with E-state index in [0.29, 0.717) is 11.5 Å². The summed E-state index contributed by atoms with van der Waals surface area (Å²) in [5.74, 6) is 1.18. The van der Waals surface area contributed by atoms with E-state index in [1.54, 1.807) is 19.2 Å². The summed E-state index contributed by atoms with van der Waals surface area (Å²) in [6, 6.07) is 65.9. The fourth-order valence-electron chi connectivity index (χ4n) is 9.55. The number of urea groups is 1. The lowest BCUT2D eigenvalue weighted by atomic mass is 9.96. The number of nitrogens with one attached hydrogen (secondary N) is 2. The van der Waals surface area contributed by atoms with E-state index >= 15 is 0 Å². The third-order valence-corrected chi connectivity index (χ3v) is 13.5. The van der Waals surface area contributed by atoms with Gasteiger partial charge in [0.25, 0.3) is 0 Å². The van der Waals surface area contributed by atoms with Crippen molar-refractivity contribution in [2.45, 2.75) is 101 Å². The standard InChI is InChI=1S/C62H64N2O12/c1-66-49-32-34-50(35-33-49)73-61-58(71-41-47-28-16-6-17-29-47)55(68-38-44-22-10-3-11-23-44)53(67-37-43-20-8-2-9-21-43)51(75-61)36-63-62(65)64-59-57(70-40-46-26-14-5-15-27-46)56(69-39-45-24-12-4-13-25-45)54-52(74-59)42-72-60(76-54)48-30-18-7-19-31-48/h2-35,51-61H,36-42H2,1H3,(H2,63,64,65)/t51-,52-,53-,54-,55+,56+,57+,58+,59+,60?,61+/m1/s1. The molecule has 10 rings (SSSR count). The molecule has 0 spiro atoms. The van der Waals surface area contributed by atoms with Crippen molar-refractivity contribution in [1.82, 2.24) is 10.6 Å². The first-order valence-electron chi connectivity index (χ1n) is 25.8. The van der Waals surface area contributed by atoms with E-state index in [0.717, 1.165) is 33.4 Å². The fraction of sp³-hybridized carbons (Fsp3) is 0.306. The van der Waals surface area contributed by atoms with Crippen LogP contribution in [0.3, 0.4) is 0 Å². The average Bonchev–Trinajstić information content (AvgIpc) is 3.49. The van der Waals surface area contributed by atoms with Gasteiger partial charge < -0.3 is 62.7 Å². The predicted molar refractivity (Wildman–Crippen MR) is 283 cm³/mol. The first-order valence-corrected chi connectivity index (χ1v) is 25.8. The van der Waals surface area contributed by atoms with E-state index in [9.17, 15) is 4.79 Å². The lowest BCUT2D eigenvalue weighted by Gasteiger charge is -2.49. The third-order valence-electron chi connectivity index (χ3n) is 13.5. The van der Waals surface area contributed by atoms with Crippen molar-refractivity contribution in [2.75, 3.05) is 20.3 Å². The number of ether oxygens (including phenoxy) is 11. The zero-order chi connectivity index (χ0) is 51.7. The van der Waals surface area contributed by atoms with Crippen molar-refractivity contribution in [3.05, 3.63) is 240 Å². The molecule has 0 aliphatic carbocycles. The highest BCUT2D eigenvalue weighted by Crippen LogP contribution is 2.37. The fourth-order valence-corrected chi connectivity index (χ4v) is 9.55. The Morgan fingerprint density at radius 3 is 1.41 bits per heavy atom. The molecule has 2 amide bonds. The van der Waals surface area contributed by atoms with Gasteiger partial charge in [0.1, 0.15) is 60.3 Å². The van der Waals surface area contributed by atoms with Gasteiger partial charge >= 0.3 is 6.03 Å². The summed E-state index contributed by atoms with van der Waals surface area (Å²) in [5, 5.41) is 6.20. The number of fused-ring (bicyclic) bond motifs is 1. The summed E-state index contributed by atoms with van der Waals surface area (Å²) >= 11 is 0. The average molecular weight is 1030 g/mol. The molecule has 3 fully saturated rings. The van der Waals surface area contributed by atoms with Gasteiger partial charge in [-0.3, -0.25) is 0 Å². The molecule has 76 heavy (non-hydrogen) atoms. The monoisotopic (exact) mass is 1030 g/mol. The van der Waals surface area contributed by atoms with Gasteiger partial charge in [-0.25, -0.2) is 4.79 Å². The quantitative estimate of drug-likeness (QED) is 0.0668. The molecular formula is C62H64N2O12. The number of benzene rings is 7. The Morgan fingerprint density at radius 2 is 0.908 bits per heavy atom. The maximum Gasteiger partial charge on any atom is 0.316 e. The molecule has 0 radical (unpaired) electrons. The van der Waals surface area contributed by atoms with Gasteiger partial charge in [0.05, 0.1) is 46.8 Å². The minimum Gasteiger partial charge on any atom is -0.497 e. The number of carbonyl (C=O) groups is 1. The molecule has 7 aromatic carbocycles. The van der Waals surface area contributed by atoms with Crippen molar-refractivity contribution in [3.63, 3.8) is 0 Å². The summed E-state index contributed by atoms with van der Waals surface area (Å²) in [7, 11) is 1.61. The molecule has 394 valence electrons. The molecular weight excluding hydrogens is 965 g/mol. The third kappa shape index (κ3) is 14.1. The Morgan fingerprint density at radius 1 is 0.474 bits per heavy atom. The van der Waals surface area contributed by atoms with E-state index in [1.165, 1.54) is 0 Å². The number of hydrogen-bond acceptors (Lipinski definition) is 12. The minimum absolute atomic E-state index is 0.0441. The highest BCUT2D eigenvalue weighted by Gasteiger charge is 2.53. The molecule has 3 heterocycles. The molecule has 0 saturated carbocycles. The Bertz CT molecular complexity index is 2790. The normalized spacial score (nSPS) is 25.1. The van der Waals surface area contributed by atoms with Gasteiger partial charge in [0.15, 0.2) is 12.5 Å². The van der Waals surface area contributed by atoms with Crippen molar-refractivity contribution in [2.24, 2.45) is 0 Å². The number of amides is 2. The summed E-state index contributed by atoms with van der Waals surface area (Å²) in [4.78, 5) is 14.6. The Kier molecular flexibility index (Phi) is 18.4. The van der Waals surface area contributed by atoms with Gasteiger partial charge in [-0.1, -0.05) is 182 Å². The Hall–Kier alpha value is -6.95. The molecule has 2 N–H and O–H groups in total. The smallest absolute Gasteiger partial charge is 0.316 e. The van der Waals surface area contributed by atoms with Crippen LogP contribution in [0.5, 0.6) is 11.5 Å². The van der Waals surface area contributed by atoms with Gasteiger partial charge in [-0.15, -0.1) is 0 Å². The van der Waals surface area contributed by atoms with Crippen LogP contribution in [0.25, 0.3) is 0 Å². The van der Waals surface area contributed by atoms with Gasteiger partial charge in [0, 0.05) is 12.1 Å². The molecule has 3 saturated heterocycles. The van der Waals surface area contributed by atoms with E-state index in [-0.39, 0.29) is 46.2 Å². The zero-order valence-electron chi connectivity index (χ0n) is 42.3. The Labute approximate surface area is 444 Å². The molecule has 3 aliphatic rings. The van der Waals surface area contributed by atoms with Gasteiger partial charge in [-0.2, -0.15) is 0 Å². The molecule has 14 nitrogen and oxygen atoms in total. The molecule has 11 atom stereocenters. The van der Waals surface area contributed by atoms with E-state index in [1.807, 2.05) is 194 Å². The van der Waals surface area contributed by atoms with Crippen molar-refractivity contribution >= 4 is 6.03 Å². The Balaban J connectivity index is 0.938. The summed E-state index contributed by atoms with van der Waals surface area (Å²) in [6.45, 7) is 1.27. The topological polar surface area (TPSA) is 143 Å². The predicted octanol–water partition coefficient (Wildman–Crippen LogP) is 9.86. The van der Waals surface area contributed by atoms with Crippen molar-refractivity contribution < 1.29 is 56.9 Å². The summed E-state index contributed by atoms with van der Waals surface area (Å²) in [6.07, 6.45) is -8.79. The van der Waals surface area contributed by atoms with Crippen LogP contribution in [0.15, 0.2) is 206 Å². The molecule has 1 unspecified atom stereocenters. The van der Waals surface area contributed by atoms with Crippen LogP contribution in [0.4, 0.5) is 4.79 Å². The molecule has 7 aromatic rings. The largest absolute Gasteiger partial charge is 0.497 e. The first-order chi connectivity index (χ1) is 37.5. The SMILES string of the molecule is COc1ccc(O[C@H]2O[C@H](CNC(=O)N[C@H]3O[C@@H]4COC(c5ccccc5)O[C@H]4[C@H](OCc4ccccc4)[C@@H]3OCc3ccccc3)[C@@H](OCc3ccccc3)[C@H](OCc3ccccc3)[C@@H]2OCc2ccccc2)cc1. The highest BCUT2D eigenvalue weighted by molar-refractivity contribution is 5.74. The second-order valence-electron chi connectivity index (χ2n) is 18.8. The van der Waals surface area contributed by atoms with Crippen LogP contribution in [0, 0.1) is 0 Å². The lowest BCUT2D eigenvalue weighted by Crippen LogP contribution is -2.67. The second kappa shape index (κ2) is 26.7. The number of carbonyl (C=O) groups excluding carboxylic acids is 1. The van der Waals surface area contributed by atoms with Gasteiger partial charge in [0.2, 0.25) is 6.29 Å². The van der Waals surface area contributed by atoms with E-state index < -0.39 is 73.7 Å². The molecule has 0 aromatic heterocycles.